The van der Waals surface area contributed by atoms with Crippen molar-refractivity contribution in [3.05, 3.63) is 11.8 Å². The molecular formula is C7H11NO3. The minimum atomic E-state index is -1.11. The van der Waals surface area contributed by atoms with Crippen molar-refractivity contribution in [2.45, 2.75) is 20.3 Å². The molecule has 2 N–H and O–H groups in total. The molecule has 0 fully saturated rings. The van der Waals surface area contributed by atoms with Crippen molar-refractivity contribution in [2.75, 3.05) is 0 Å². The fourth-order valence-electron chi connectivity index (χ4n) is 0.586. The molecule has 0 unspecified atom stereocenters. The fraction of sp³-hybridized carbons (Fsp3) is 0.429. The van der Waals surface area contributed by atoms with E-state index in [9.17, 15) is 9.59 Å². The quantitative estimate of drug-likeness (QED) is 0.586. The molecule has 0 saturated heterocycles. The molecule has 0 spiro atoms. The van der Waals surface area contributed by atoms with Crippen LogP contribution in [0.1, 0.15) is 20.3 Å². The molecule has 0 rings (SSSR count). The van der Waals surface area contributed by atoms with E-state index < -0.39 is 5.97 Å². The molecule has 4 heteroatoms. The van der Waals surface area contributed by atoms with Crippen LogP contribution < -0.4 is 5.32 Å². The number of carbonyl (C=O) groups is 2. The predicted octanol–water partition coefficient (Wildman–Crippen LogP) is 0.501. The summed E-state index contributed by atoms with van der Waals surface area (Å²) in [7, 11) is 0. The fourth-order valence-corrected chi connectivity index (χ4v) is 0.586. The lowest BCUT2D eigenvalue weighted by molar-refractivity contribution is -0.134. The number of carboxylic acid groups (broad SMARTS) is 1. The van der Waals surface area contributed by atoms with E-state index in [4.69, 9.17) is 5.11 Å². The third-order valence-corrected chi connectivity index (χ3v) is 0.949. The van der Waals surface area contributed by atoms with Gasteiger partial charge in [-0.05, 0) is 6.42 Å². The minimum Gasteiger partial charge on any atom is -0.477 e. The van der Waals surface area contributed by atoms with Gasteiger partial charge in [0.15, 0.2) is 0 Å². The minimum absolute atomic E-state index is 0.0556. The topological polar surface area (TPSA) is 66.4 Å². The first kappa shape index (κ1) is 9.68. The van der Waals surface area contributed by atoms with Gasteiger partial charge in [-0.1, -0.05) is 13.0 Å². The molecule has 11 heavy (non-hydrogen) atoms. The molecule has 0 aromatic carbocycles. The van der Waals surface area contributed by atoms with E-state index in [1.54, 1.807) is 6.92 Å². The monoisotopic (exact) mass is 157 g/mol. The van der Waals surface area contributed by atoms with E-state index >= 15 is 0 Å². The third-order valence-electron chi connectivity index (χ3n) is 0.949. The van der Waals surface area contributed by atoms with Gasteiger partial charge >= 0.3 is 5.97 Å². The van der Waals surface area contributed by atoms with Crippen LogP contribution >= 0.6 is 0 Å². The number of rotatable bonds is 3. The molecule has 0 aliphatic carbocycles. The van der Waals surface area contributed by atoms with Gasteiger partial charge in [0.05, 0.1) is 0 Å². The number of hydrogen-bond donors (Lipinski definition) is 2. The molecule has 4 nitrogen and oxygen atoms in total. The molecule has 1 amide bonds. The van der Waals surface area contributed by atoms with Gasteiger partial charge in [-0.15, -0.1) is 0 Å². The highest BCUT2D eigenvalue weighted by molar-refractivity contribution is 5.91. The second-order valence-corrected chi connectivity index (χ2v) is 2.01. The Bertz CT molecular complexity index is 196. The molecule has 0 aliphatic heterocycles. The summed E-state index contributed by atoms with van der Waals surface area (Å²) in [5.41, 5.74) is -0.0556. The zero-order chi connectivity index (χ0) is 8.85. The lowest BCUT2D eigenvalue weighted by Gasteiger charge is -2.00. The Kier molecular flexibility index (Phi) is 3.95. The highest BCUT2D eigenvalue weighted by Crippen LogP contribution is 1.91. The highest BCUT2D eigenvalue weighted by Gasteiger charge is 2.06. The number of carboxylic acids is 1. The van der Waals surface area contributed by atoms with E-state index in [0.717, 1.165) is 0 Å². The number of carbonyl (C=O) groups excluding carboxylic acids is 1. The van der Waals surface area contributed by atoms with Crippen molar-refractivity contribution in [1.82, 2.24) is 5.32 Å². The van der Waals surface area contributed by atoms with Crippen molar-refractivity contribution < 1.29 is 14.7 Å². The van der Waals surface area contributed by atoms with Gasteiger partial charge in [0.1, 0.15) is 5.70 Å². The molecule has 62 valence electrons. The molecule has 0 saturated carbocycles. The van der Waals surface area contributed by atoms with Gasteiger partial charge in [-0.25, -0.2) is 4.79 Å². The van der Waals surface area contributed by atoms with Crippen LogP contribution in [0, 0.1) is 0 Å². The van der Waals surface area contributed by atoms with E-state index in [2.05, 4.69) is 5.32 Å². The Morgan fingerprint density at radius 3 is 2.36 bits per heavy atom. The summed E-state index contributed by atoms with van der Waals surface area (Å²) >= 11 is 0. The second-order valence-electron chi connectivity index (χ2n) is 2.01. The first-order valence-electron chi connectivity index (χ1n) is 3.29. The molecule has 0 atom stereocenters. The van der Waals surface area contributed by atoms with Crippen LogP contribution in [0.5, 0.6) is 0 Å². The van der Waals surface area contributed by atoms with Gasteiger partial charge in [-0.3, -0.25) is 4.79 Å². The summed E-state index contributed by atoms with van der Waals surface area (Å²) in [6.45, 7) is 3.07. The van der Waals surface area contributed by atoms with Crippen molar-refractivity contribution in [3.63, 3.8) is 0 Å². The third kappa shape index (κ3) is 4.13. The normalized spacial score (nSPS) is 10.9. The molecular weight excluding hydrogens is 146 g/mol. The van der Waals surface area contributed by atoms with Gasteiger partial charge < -0.3 is 10.4 Å². The summed E-state index contributed by atoms with van der Waals surface area (Å²) in [5.74, 6) is -1.48. The number of amides is 1. The number of allylic oxidation sites excluding steroid dienone is 1. The van der Waals surface area contributed by atoms with Crippen LogP contribution in [0.25, 0.3) is 0 Å². The Hall–Kier alpha value is -1.32. The summed E-state index contributed by atoms with van der Waals surface area (Å²) < 4.78 is 0. The van der Waals surface area contributed by atoms with Crippen LogP contribution in [0.15, 0.2) is 11.8 Å². The number of aliphatic carboxylic acids is 1. The predicted molar refractivity (Wildman–Crippen MR) is 39.8 cm³/mol. The van der Waals surface area contributed by atoms with E-state index in [1.807, 2.05) is 0 Å². The maximum atomic E-state index is 10.4. The average Bonchev–Trinajstić information content (AvgIpc) is 1.86. The zero-order valence-corrected chi connectivity index (χ0v) is 6.55. The lowest BCUT2D eigenvalue weighted by atomic mass is 10.3. The zero-order valence-electron chi connectivity index (χ0n) is 6.55. The SMILES string of the molecule is CCC=C(NC(C)=O)C(=O)O. The molecule has 0 aliphatic rings. The van der Waals surface area contributed by atoms with Gasteiger partial charge in [0, 0.05) is 6.92 Å². The molecule has 0 heterocycles. The second kappa shape index (κ2) is 4.49. The summed E-state index contributed by atoms with van der Waals surface area (Å²) in [5, 5.41) is 10.7. The van der Waals surface area contributed by atoms with Crippen molar-refractivity contribution in [3.8, 4) is 0 Å². The number of nitrogens with one attached hydrogen (secondary N) is 1. The first-order chi connectivity index (χ1) is 5.07. The molecule has 0 aromatic rings. The van der Waals surface area contributed by atoms with Crippen LogP contribution in [0.3, 0.4) is 0 Å². The summed E-state index contributed by atoms with van der Waals surface area (Å²) in [6.07, 6.45) is 2.03. The van der Waals surface area contributed by atoms with E-state index in [-0.39, 0.29) is 11.6 Å². The largest absolute Gasteiger partial charge is 0.477 e. The summed E-state index contributed by atoms with van der Waals surface area (Å²) in [4.78, 5) is 20.8. The molecule has 0 radical (unpaired) electrons. The maximum Gasteiger partial charge on any atom is 0.352 e. The number of hydrogen-bond acceptors (Lipinski definition) is 2. The standard InChI is InChI=1S/C7H11NO3/c1-3-4-6(7(10)11)8-5(2)9/h4H,3H2,1-2H3,(H,8,9)(H,10,11). The maximum absolute atomic E-state index is 10.4. The van der Waals surface area contributed by atoms with Crippen molar-refractivity contribution in [2.24, 2.45) is 0 Å². The van der Waals surface area contributed by atoms with Gasteiger partial charge in [-0.2, -0.15) is 0 Å². The van der Waals surface area contributed by atoms with Gasteiger partial charge in [0.2, 0.25) is 5.91 Å². The van der Waals surface area contributed by atoms with Crippen molar-refractivity contribution >= 4 is 11.9 Å². The Morgan fingerprint density at radius 2 is 2.09 bits per heavy atom. The molecule has 0 aromatic heterocycles. The van der Waals surface area contributed by atoms with Crippen LogP contribution in [0.4, 0.5) is 0 Å². The Balaban J connectivity index is 4.23. The average molecular weight is 157 g/mol. The van der Waals surface area contributed by atoms with Gasteiger partial charge in [0.25, 0.3) is 0 Å². The van der Waals surface area contributed by atoms with Crippen LogP contribution in [0.2, 0.25) is 0 Å². The van der Waals surface area contributed by atoms with Crippen LogP contribution in [-0.4, -0.2) is 17.0 Å². The Morgan fingerprint density at radius 1 is 1.55 bits per heavy atom. The smallest absolute Gasteiger partial charge is 0.352 e. The first-order valence-corrected chi connectivity index (χ1v) is 3.29. The van der Waals surface area contributed by atoms with Crippen LogP contribution in [-0.2, 0) is 9.59 Å². The van der Waals surface area contributed by atoms with Crippen molar-refractivity contribution in [1.29, 1.82) is 0 Å². The van der Waals surface area contributed by atoms with E-state index in [0.29, 0.717) is 6.42 Å². The Labute approximate surface area is 64.9 Å². The lowest BCUT2D eigenvalue weighted by Crippen LogP contribution is -2.24. The summed E-state index contributed by atoms with van der Waals surface area (Å²) in [6, 6.07) is 0. The van der Waals surface area contributed by atoms with E-state index in [1.165, 1.54) is 13.0 Å². The molecule has 0 bridgehead atoms. The highest BCUT2D eigenvalue weighted by atomic mass is 16.4.